The van der Waals surface area contributed by atoms with Crippen LogP contribution in [-0.4, -0.2) is 19.7 Å². The van der Waals surface area contributed by atoms with Gasteiger partial charge in [0.1, 0.15) is 5.67 Å². The number of rotatable bonds is 4. The molecule has 0 spiro atoms. The normalized spacial score (nSPS) is 22.8. The number of hydrogen-bond acceptors (Lipinski definition) is 2. The fourth-order valence-electron chi connectivity index (χ4n) is 2.74. The van der Waals surface area contributed by atoms with E-state index < -0.39 is 11.5 Å². The summed E-state index contributed by atoms with van der Waals surface area (Å²) in [6.07, 6.45) is 3.48. The molecule has 106 valence electrons. The minimum Gasteiger partial charge on any atom is -0.494 e. The van der Waals surface area contributed by atoms with Crippen molar-refractivity contribution in [3.05, 3.63) is 29.6 Å². The summed E-state index contributed by atoms with van der Waals surface area (Å²) in [5.74, 6) is -0.496. The molecule has 1 heterocycles. The van der Waals surface area contributed by atoms with Crippen molar-refractivity contribution in [3.8, 4) is 5.75 Å². The first-order valence-electron chi connectivity index (χ1n) is 6.80. The maximum atomic E-state index is 14.8. The van der Waals surface area contributed by atoms with Gasteiger partial charge in [0.25, 0.3) is 0 Å². The number of halogens is 2. The molecule has 0 aromatic heterocycles. The van der Waals surface area contributed by atoms with Crippen molar-refractivity contribution < 1.29 is 13.5 Å². The molecule has 2 unspecified atom stereocenters. The predicted molar refractivity (Wildman–Crippen MR) is 71.7 cm³/mol. The lowest BCUT2D eigenvalue weighted by molar-refractivity contribution is 0.140. The van der Waals surface area contributed by atoms with Crippen molar-refractivity contribution in [1.29, 1.82) is 0 Å². The van der Waals surface area contributed by atoms with Crippen LogP contribution in [0.1, 0.15) is 38.2 Å². The van der Waals surface area contributed by atoms with E-state index in [2.05, 4.69) is 5.32 Å². The third-order valence-electron chi connectivity index (χ3n) is 3.79. The number of ether oxygens (including phenoxy) is 1. The van der Waals surface area contributed by atoms with Crippen molar-refractivity contribution in [2.45, 2.75) is 44.3 Å². The van der Waals surface area contributed by atoms with Crippen molar-refractivity contribution in [3.63, 3.8) is 0 Å². The van der Waals surface area contributed by atoms with E-state index in [-0.39, 0.29) is 23.8 Å². The zero-order chi connectivity index (χ0) is 13.9. The van der Waals surface area contributed by atoms with Gasteiger partial charge in [-0.25, -0.2) is 8.78 Å². The Kier molecular flexibility index (Phi) is 4.40. The van der Waals surface area contributed by atoms with Crippen LogP contribution in [-0.2, 0) is 5.67 Å². The van der Waals surface area contributed by atoms with E-state index in [4.69, 9.17) is 4.74 Å². The molecule has 1 aromatic carbocycles. The second kappa shape index (κ2) is 5.87. The Morgan fingerprint density at radius 2 is 2.21 bits per heavy atom. The Morgan fingerprint density at radius 3 is 2.84 bits per heavy atom. The Bertz CT molecular complexity index is 428. The van der Waals surface area contributed by atoms with Crippen LogP contribution in [0.5, 0.6) is 5.75 Å². The SMILES string of the molecule is COc1cccc(C(C)(F)CC2CCCCN2)c1F. The van der Waals surface area contributed by atoms with Gasteiger partial charge in [-0.2, -0.15) is 0 Å². The average Bonchev–Trinajstić information content (AvgIpc) is 2.39. The lowest BCUT2D eigenvalue weighted by atomic mass is 9.87. The Hall–Kier alpha value is -1.16. The molecule has 0 saturated carbocycles. The van der Waals surface area contributed by atoms with E-state index in [9.17, 15) is 8.78 Å². The highest BCUT2D eigenvalue weighted by Crippen LogP contribution is 2.36. The van der Waals surface area contributed by atoms with Crippen molar-refractivity contribution >= 4 is 0 Å². The van der Waals surface area contributed by atoms with E-state index in [0.29, 0.717) is 0 Å². The van der Waals surface area contributed by atoms with Crippen LogP contribution in [0.2, 0.25) is 0 Å². The van der Waals surface area contributed by atoms with Crippen LogP contribution >= 0.6 is 0 Å². The molecule has 1 saturated heterocycles. The summed E-state index contributed by atoms with van der Waals surface area (Å²) in [4.78, 5) is 0. The molecule has 1 aliphatic heterocycles. The molecule has 0 aliphatic carbocycles. The molecule has 1 aromatic rings. The fraction of sp³-hybridized carbons (Fsp3) is 0.600. The molecule has 1 fully saturated rings. The number of nitrogens with one attached hydrogen (secondary N) is 1. The first-order valence-corrected chi connectivity index (χ1v) is 6.80. The van der Waals surface area contributed by atoms with Crippen LogP contribution in [0.4, 0.5) is 8.78 Å². The second-order valence-electron chi connectivity index (χ2n) is 5.37. The molecular weight excluding hydrogens is 248 g/mol. The molecule has 1 N–H and O–H groups in total. The van der Waals surface area contributed by atoms with Gasteiger partial charge in [-0.15, -0.1) is 0 Å². The predicted octanol–water partition coefficient (Wildman–Crippen LogP) is 3.55. The van der Waals surface area contributed by atoms with Crippen LogP contribution < -0.4 is 10.1 Å². The van der Waals surface area contributed by atoms with E-state index in [1.54, 1.807) is 6.07 Å². The van der Waals surface area contributed by atoms with Gasteiger partial charge in [0, 0.05) is 18.0 Å². The quantitative estimate of drug-likeness (QED) is 0.902. The van der Waals surface area contributed by atoms with Gasteiger partial charge in [-0.05, 0) is 32.4 Å². The lowest BCUT2D eigenvalue weighted by Crippen LogP contribution is -2.38. The molecule has 0 bridgehead atoms. The molecule has 2 rings (SSSR count). The van der Waals surface area contributed by atoms with E-state index >= 15 is 0 Å². The Balaban J connectivity index is 2.18. The zero-order valence-corrected chi connectivity index (χ0v) is 11.5. The number of piperidine rings is 1. The van der Waals surface area contributed by atoms with Gasteiger partial charge in [0.05, 0.1) is 7.11 Å². The minimum atomic E-state index is -1.69. The van der Waals surface area contributed by atoms with Crippen LogP contribution in [0, 0.1) is 5.82 Å². The fourth-order valence-corrected chi connectivity index (χ4v) is 2.74. The second-order valence-corrected chi connectivity index (χ2v) is 5.37. The van der Waals surface area contributed by atoms with Gasteiger partial charge in [-0.1, -0.05) is 18.6 Å². The van der Waals surface area contributed by atoms with E-state index in [1.807, 2.05) is 0 Å². The summed E-state index contributed by atoms with van der Waals surface area (Å²) in [5, 5.41) is 3.30. The molecule has 4 heteroatoms. The highest BCUT2D eigenvalue weighted by Gasteiger charge is 2.33. The molecule has 2 nitrogen and oxygen atoms in total. The summed E-state index contributed by atoms with van der Waals surface area (Å²) in [5.41, 5.74) is -1.60. The highest BCUT2D eigenvalue weighted by atomic mass is 19.1. The summed E-state index contributed by atoms with van der Waals surface area (Å²) in [6.45, 7) is 2.36. The van der Waals surface area contributed by atoms with Crippen LogP contribution in [0.15, 0.2) is 18.2 Å². The topological polar surface area (TPSA) is 21.3 Å². The standard InChI is InChI=1S/C15H21F2NO/c1-15(17,10-11-6-3-4-9-18-11)12-7-5-8-13(19-2)14(12)16/h5,7-8,11,18H,3-4,6,9-10H2,1-2H3. The Labute approximate surface area is 113 Å². The first kappa shape index (κ1) is 14.3. The number of hydrogen-bond donors (Lipinski definition) is 1. The maximum Gasteiger partial charge on any atom is 0.171 e. The van der Waals surface area contributed by atoms with E-state index in [0.717, 1.165) is 25.8 Å². The van der Waals surface area contributed by atoms with Crippen molar-refractivity contribution in [1.82, 2.24) is 5.32 Å². The summed E-state index contributed by atoms with van der Waals surface area (Å²) < 4.78 is 33.9. The minimum absolute atomic E-state index is 0.0826. The van der Waals surface area contributed by atoms with Gasteiger partial charge in [0.15, 0.2) is 11.6 Å². The molecule has 0 amide bonds. The van der Waals surface area contributed by atoms with Crippen LogP contribution in [0.3, 0.4) is 0 Å². The number of methoxy groups -OCH3 is 1. The van der Waals surface area contributed by atoms with Gasteiger partial charge < -0.3 is 10.1 Å². The summed E-state index contributed by atoms with van der Waals surface area (Å²) in [7, 11) is 1.39. The van der Waals surface area contributed by atoms with Crippen LogP contribution in [0.25, 0.3) is 0 Å². The van der Waals surface area contributed by atoms with E-state index in [1.165, 1.54) is 26.2 Å². The van der Waals surface area contributed by atoms with Gasteiger partial charge in [0.2, 0.25) is 0 Å². The number of alkyl halides is 1. The lowest BCUT2D eigenvalue weighted by Gasteiger charge is -2.30. The zero-order valence-electron chi connectivity index (χ0n) is 11.5. The molecule has 0 radical (unpaired) electrons. The largest absolute Gasteiger partial charge is 0.494 e. The summed E-state index contributed by atoms with van der Waals surface area (Å²) >= 11 is 0. The monoisotopic (exact) mass is 269 g/mol. The molecular formula is C15H21F2NO. The van der Waals surface area contributed by atoms with Crippen molar-refractivity contribution in [2.75, 3.05) is 13.7 Å². The third kappa shape index (κ3) is 3.24. The molecule has 19 heavy (non-hydrogen) atoms. The summed E-state index contributed by atoms with van der Waals surface area (Å²) in [6, 6.07) is 4.76. The molecule has 1 aliphatic rings. The highest BCUT2D eigenvalue weighted by molar-refractivity contribution is 5.34. The Morgan fingerprint density at radius 1 is 1.42 bits per heavy atom. The molecule has 2 atom stereocenters. The smallest absolute Gasteiger partial charge is 0.171 e. The van der Waals surface area contributed by atoms with Gasteiger partial charge >= 0.3 is 0 Å². The first-order chi connectivity index (χ1) is 9.04. The van der Waals surface area contributed by atoms with Crippen molar-refractivity contribution in [2.24, 2.45) is 0 Å². The average molecular weight is 269 g/mol. The van der Waals surface area contributed by atoms with Gasteiger partial charge in [-0.3, -0.25) is 0 Å². The number of benzene rings is 1. The maximum absolute atomic E-state index is 14.8. The third-order valence-corrected chi connectivity index (χ3v) is 3.79.